The summed E-state index contributed by atoms with van der Waals surface area (Å²) >= 11 is 0. The van der Waals surface area contributed by atoms with Gasteiger partial charge in [0.05, 0.1) is 31.3 Å². The van der Waals surface area contributed by atoms with Crippen LogP contribution in [0.4, 0.5) is 0 Å². The molecule has 0 heterocycles. The third kappa shape index (κ3) is 7.86. The topological polar surface area (TPSA) is 206 Å². The summed E-state index contributed by atoms with van der Waals surface area (Å²) in [5, 5.41) is 52.5. The van der Waals surface area contributed by atoms with Crippen LogP contribution in [-0.2, 0) is 19.2 Å². The van der Waals surface area contributed by atoms with Gasteiger partial charge in [0.15, 0.2) is 6.04 Å². The highest BCUT2D eigenvalue weighted by Crippen LogP contribution is 2.00. The van der Waals surface area contributed by atoms with Gasteiger partial charge in [0.25, 0.3) is 0 Å². The number of aliphatic hydroxyl groups is 4. The number of rotatable bonds is 11. The number of nitrogens with one attached hydrogen (secondary N) is 3. The zero-order chi connectivity index (χ0) is 21.3. The highest BCUT2D eigenvalue weighted by molar-refractivity contribution is 5.94. The summed E-state index contributed by atoms with van der Waals surface area (Å²) in [5.41, 5.74) is 0. The molecule has 0 saturated heterocycles. The van der Waals surface area contributed by atoms with Crippen molar-refractivity contribution in [2.45, 2.75) is 51.1 Å². The van der Waals surface area contributed by atoms with Gasteiger partial charge in [-0.25, -0.2) is 4.79 Å². The number of aliphatic hydroxyl groups excluding tert-OH is 4. The van der Waals surface area contributed by atoms with Gasteiger partial charge in [0.1, 0.15) is 12.1 Å². The van der Waals surface area contributed by atoms with Crippen molar-refractivity contribution in [1.82, 2.24) is 16.0 Å². The number of carbonyl (C=O) groups is 4. The van der Waals surface area contributed by atoms with Crippen LogP contribution in [0.5, 0.6) is 0 Å². The van der Waals surface area contributed by atoms with E-state index in [-0.39, 0.29) is 0 Å². The number of carboxylic acids is 1. The fourth-order valence-corrected chi connectivity index (χ4v) is 1.88. The van der Waals surface area contributed by atoms with Crippen molar-refractivity contribution in [2.75, 3.05) is 13.2 Å². The second-order valence-corrected chi connectivity index (χ2v) is 6.12. The van der Waals surface area contributed by atoms with Crippen LogP contribution in [0.2, 0.25) is 0 Å². The summed E-state index contributed by atoms with van der Waals surface area (Å²) in [6, 6.07) is -4.74. The van der Waals surface area contributed by atoms with E-state index in [1.807, 2.05) is 5.32 Å². The predicted molar refractivity (Wildman–Crippen MR) is 90.1 cm³/mol. The minimum absolute atomic E-state index is 0.489. The molecule has 0 aliphatic heterocycles. The van der Waals surface area contributed by atoms with Gasteiger partial charge in [-0.05, 0) is 13.8 Å². The number of hydrogen-bond acceptors (Lipinski definition) is 8. The first kappa shape index (κ1) is 24.7. The van der Waals surface area contributed by atoms with Gasteiger partial charge in [0.2, 0.25) is 17.7 Å². The lowest BCUT2D eigenvalue weighted by molar-refractivity contribution is -0.145. The smallest absolute Gasteiger partial charge is 0.328 e. The van der Waals surface area contributed by atoms with Gasteiger partial charge in [0, 0.05) is 0 Å². The summed E-state index contributed by atoms with van der Waals surface area (Å²) in [4.78, 5) is 47.1. The van der Waals surface area contributed by atoms with E-state index >= 15 is 0 Å². The fourth-order valence-electron chi connectivity index (χ4n) is 1.88. The minimum Gasteiger partial charge on any atom is -0.480 e. The molecule has 27 heavy (non-hydrogen) atoms. The molecule has 0 bridgehead atoms. The van der Waals surface area contributed by atoms with Gasteiger partial charge in [-0.3, -0.25) is 14.4 Å². The van der Waals surface area contributed by atoms with E-state index < -0.39 is 73.2 Å². The summed E-state index contributed by atoms with van der Waals surface area (Å²) in [6.45, 7) is 2.33. The predicted octanol–water partition coefficient (Wildman–Crippen LogP) is -4.09. The molecule has 0 radical (unpaired) electrons. The van der Waals surface area contributed by atoms with Crippen molar-refractivity contribution < 1.29 is 44.7 Å². The average molecular weight is 393 g/mol. The number of aliphatic carboxylic acids is 1. The lowest BCUT2D eigenvalue weighted by Gasteiger charge is -2.25. The normalized spacial score (nSPS) is 17.6. The maximum Gasteiger partial charge on any atom is 0.328 e. The quantitative estimate of drug-likeness (QED) is 0.171. The van der Waals surface area contributed by atoms with Gasteiger partial charge >= 0.3 is 5.97 Å². The van der Waals surface area contributed by atoms with E-state index in [1.54, 1.807) is 0 Å². The lowest BCUT2D eigenvalue weighted by atomic mass is 10.1. The summed E-state index contributed by atoms with van der Waals surface area (Å²) in [5.74, 6) is -5.18. The van der Waals surface area contributed by atoms with Crippen molar-refractivity contribution in [3.8, 4) is 0 Å². The van der Waals surface area contributed by atoms with Crippen LogP contribution in [0.3, 0.4) is 0 Å². The van der Waals surface area contributed by atoms with E-state index in [4.69, 9.17) is 10.2 Å². The number of amides is 3. The Morgan fingerprint density at radius 1 is 0.741 bits per heavy atom. The van der Waals surface area contributed by atoms with Crippen molar-refractivity contribution in [3.05, 3.63) is 0 Å². The molecule has 0 aromatic heterocycles. The molecule has 0 aliphatic rings. The first-order valence-electron chi connectivity index (χ1n) is 8.17. The van der Waals surface area contributed by atoms with Crippen LogP contribution in [0.1, 0.15) is 20.8 Å². The zero-order valence-corrected chi connectivity index (χ0v) is 15.2. The number of carboxylic acid groups (broad SMARTS) is 1. The molecular weight excluding hydrogens is 366 g/mol. The fraction of sp³-hybridized carbons (Fsp3) is 0.733. The SMILES string of the molecule is CC(CO)C(=O)NC(C(=O)NC(CO)C(=O)NC(C(=O)O)C(C)O)C(C)O. The summed E-state index contributed by atoms with van der Waals surface area (Å²) in [6.07, 6.45) is -2.81. The van der Waals surface area contributed by atoms with Crippen LogP contribution >= 0.6 is 0 Å². The Morgan fingerprint density at radius 2 is 1.22 bits per heavy atom. The van der Waals surface area contributed by atoms with Gasteiger partial charge in [-0.1, -0.05) is 6.92 Å². The van der Waals surface area contributed by atoms with Crippen LogP contribution in [0, 0.1) is 5.92 Å². The molecule has 6 unspecified atom stereocenters. The second kappa shape index (κ2) is 11.4. The van der Waals surface area contributed by atoms with Gasteiger partial charge in [-0.15, -0.1) is 0 Å². The Balaban J connectivity index is 5.13. The molecule has 0 saturated carbocycles. The maximum atomic E-state index is 12.3. The van der Waals surface area contributed by atoms with Crippen molar-refractivity contribution in [1.29, 1.82) is 0 Å². The minimum atomic E-state index is -1.67. The van der Waals surface area contributed by atoms with Crippen LogP contribution < -0.4 is 16.0 Å². The van der Waals surface area contributed by atoms with E-state index in [9.17, 15) is 34.5 Å². The average Bonchev–Trinajstić information content (AvgIpc) is 2.59. The summed E-state index contributed by atoms with van der Waals surface area (Å²) in [7, 11) is 0. The molecule has 3 amide bonds. The molecule has 0 aliphatic carbocycles. The van der Waals surface area contributed by atoms with E-state index in [2.05, 4.69) is 10.6 Å². The first-order valence-corrected chi connectivity index (χ1v) is 8.17. The largest absolute Gasteiger partial charge is 0.480 e. The second-order valence-electron chi connectivity index (χ2n) is 6.12. The van der Waals surface area contributed by atoms with Crippen LogP contribution in [0.25, 0.3) is 0 Å². The van der Waals surface area contributed by atoms with Gasteiger partial charge in [-0.2, -0.15) is 0 Å². The highest BCUT2D eigenvalue weighted by atomic mass is 16.4. The van der Waals surface area contributed by atoms with E-state index in [1.165, 1.54) is 13.8 Å². The Hall–Kier alpha value is -2.28. The molecule has 6 atom stereocenters. The molecule has 8 N–H and O–H groups in total. The van der Waals surface area contributed by atoms with Crippen molar-refractivity contribution >= 4 is 23.7 Å². The standard InChI is InChI=1S/C15H27N3O9/c1-6(4-19)12(23)17-10(7(2)21)14(25)16-9(5-20)13(24)18-11(8(3)22)15(26)27/h6-11,19-22H,4-5H2,1-3H3,(H,16,25)(H,17,23)(H,18,24)(H,26,27). The van der Waals surface area contributed by atoms with Crippen LogP contribution in [0.15, 0.2) is 0 Å². The monoisotopic (exact) mass is 393 g/mol. The highest BCUT2D eigenvalue weighted by Gasteiger charge is 2.33. The summed E-state index contributed by atoms with van der Waals surface area (Å²) < 4.78 is 0. The molecule has 0 aromatic carbocycles. The third-order valence-electron chi connectivity index (χ3n) is 3.65. The number of carbonyl (C=O) groups excluding carboxylic acids is 3. The zero-order valence-electron chi connectivity index (χ0n) is 15.2. The Morgan fingerprint density at radius 3 is 1.59 bits per heavy atom. The lowest BCUT2D eigenvalue weighted by Crippen LogP contribution is -2.60. The molecule has 12 heteroatoms. The van der Waals surface area contributed by atoms with Crippen LogP contribution in [-0.4, -0.2) is 92.8 Å². The van der Waals surface area contributed by atoms with E-state index in [0.717, 1.165) is 6.92 Å². The molecule has 0 aromatic rings. The molecule has 156 valence electrons. The van der Waals surface area contributed by atoms with Gasteiger partial charge < -0.3 is 41.5 Å². The Kier molecular flexibility index (Phi) is 10.5. The molecule has 0 fully saturated rings. The third-order valence-corrected chi connectivity index (χ3v) is 3.65. The molecule has 0 rings (SSSR count). The first-order chi connectivity index (χ1) is 12.5. The molecular formula is C15H27N3O9. The van der Waals surface area contributed by atoms with E-state index in [0.29, 0.717) is 0 Å². The molecule has 12 nitrogen and oxygen atoms in total. The van der Waals surface area contributed by atoms with Crippen molar-refractivity contribution in [3.63, 3.8) is 0 Å². The Labute approximate surface area is 155 Å². The number of hydrogen-bond donors (Lipinski definition) is 8. The Bertz CT molecular complexity index is 539. The molecule has 0 spiro atoms. The van der Waals surface area contributed by atoms with Crippen molar-refractivity contribution in [2.24, 2.45) is 5.92 Å². The maximum absolute atomic E-state index is 12.3.